The van der Waals surface area contributed by atoms with Crippen LogP contribution in [0.15, 0.2) is 10.6 Å². The van der Waals surface area contributed by atoms with E-state index >= 15 is 0 Å². The molecule has 11 heteroatoms. The van der Waals surface area contributed by atoms with Crippen LogP contribution in [-0.4, -0.2) is 65.0 Å². The SMILES string of the molecule is C[C@H](Oc1cc(N[C@H]2CCOC2)nc(-c2onc3c2CCC[C@@]32CCCc3sc(N)c(C#N)c32)n1)[C@@H]1CCCN1C. The number of hydrogen-bond donors (Lipinski definition) is 2. The second-order valence-corrected chi connectivity index (χ2v) is 13.1. The average molecular weight is 576 g/mol. The summed E-state index contributed by atoms with van der Waals surface area (Å²) < 4.78 is 18.2. The summed E-state index contributed by atoms with van der Waals surface area (Å²) in [6.45, 7) is 4.58. The normalized spacial score (nSPS) is 26.5. The van der Waals surface area contributed by atoms with Crippen molar-refractivity contribution in [2.45, 2.75) is 88.3 Å². The zero-order valence-electron chi connectivity index (χ0n) is 23.7. The van der Waals surface area contributed by atoms with Crippen LogP contribution in [0.25, 0.3) is 11.6 Å². The number of fused-ring (bicyclic) bond motifs is 4. The van der Waals surface area contributed by atoms with Crippen molar-refractivity contribution in [1.82, 2.24) is 20.0 Å². The number of rotatable bonds is 6. The van der Waals surface area contributed by atoms with E-state index in [0.717, 1.165) is 81.3 Å². The smallest absolute Gasteiger partial charge is 0.219 e. The Morgan fingerprint density at radius 1 is 1.24 bits per heavy atom. The number of nitrogens with one attached hydrogen (secondary N) is 1. The van der Waals surface area contributed by atoms with E-state index in [-0.39, 0.29) is 17.6 Å². The van der Waals surface area contributed by atoms with Crippen molar-refractivity contribution < 1.29 is 14.0 Å². The van der Waals surface area contributed by atoms with E-state index < -0.39 is 0 Å². The maximum Gasteiger partial charge on any atom is 0.219 e. The minimum absolute atomic E-state index is 0.0195. The van der Waals surface area contributed by atoms with Gasteiger partial charge in [-0.1, -0.05) is 5.16 Å². The number of nitrogens with two attached hydrogens (primary N) is 1. The van der Waals surface area contributed by atoms with E-state index in [9.17, 15) is 5.26 Å². The Hall–Kier alpha value is -3.20. The number of likely N-dealkylation sites (tertiary alicyclic amines) is 1. The zero-order valence-corrected chi connectivity index (χ0v) is 24.6. The lowest BCUT2D eigenvalue weighted by Gasteiger charge is -2.39. The van der Waals surface area contributed by atoms with Gasteiger partial charge >= 0.3 is 0 Å². The number of ether oxygens (including phenoxy) is 2. The van der Waals surface area contributed by atoms with Crippen LogP contribution in [0.4, 0.5) is 10.8 Å². The fraction of sp³-hybridized carbons (Fsp3) is 0.600. The van der Waals surface area contributed by atoms with Crippen molar-refractivity contribution in [1.29, 1.82) is 5.26 Å². The number of hydrogen-bond acceptors (Lipinski definition) is 11. The van der Waals surface area contributed by atoms with Gasteiger partial charge in [0.1, 0.15) is 23.0 Å². The molecule has 41 heavy (non-hydrogen) atoms. The van der Waals surface area contributed by atoms with Crippen molar-refractivity contribution in [3.8, 4) is 23.5 Å². The third kappa shape index (κ3) is 4.57. The van der Waals surface area contributed by atoms with Crippen molar-refractivity contribution in [3.63, 3.8) is 0 Å². The first-order valence-electron chi connectivity index (χ1n) is 14.9. The molecule has 2 aliphatic carbocycles. The molecule has 0 amide bonds. The maximum absolute atomic E-state index is 10.0. The van der Waals surface area contributed by atoms with E-state index in [1.54, 1.807) is 11.3 Å². The molecular formula is C30H37N7O3S. The molecule has 5 heterocycles. The Morgan fingerprint density at radius 3 is 2.85 bits per heavy atom. The summed E-state index contributed by atoms with van der Waals surface area (Å²) in [5.74, 6) is 2.29. The quantitative estimate of drug-likeness (QED) is 0.427. The van der Waals surface area contributed by atoms with Gasteiger partial charge in [-0.25, -0.2) is 4.98 Å². The molecule has 3 N–H and O–H groups in total. The molecule has 1 spiro atoms. The molecular weight excluding hydrogens is 538 g/mol. The Labute approximate surface area is 244 Å². The molecule has 3 aromatic heterocycles. The molecule has 216 valence electrons. The molecule has 2 fully saturated rings. The Morgan fingerprint density at radius 2 is 2.10 bits per heavy atom. The third-order valence-corrected chi connectivity index (χ3v) is 10.6. The highest BCUT2D eigenvalue weighted by Gasteiger charge is 2.48. The number of aryl methyl sites for hydroxylation is 1. The van der Waals surface area contributed by atoms with Crippen LogP contribution in [0.3, 0.4) is 0 Å². The maximum atomic E-state index is 10.0. The van der Waals surface area contributed by atoms with Gasteiger partial charge in [-0.2, -0.15) is 10.2 Å². The van der Waals surface area contributed by atoms with Crippen LogP contribution in [-0.2, 0) is 23.0 Å². The second-order valence-electron chi connectivity index (χ2n) is 12.0. The highest BCUT2D eigenvalue weighted by Crippen LogP contribution is 2.54. The summed E-state index contributed by atoms with van der Waals surface area (Å²) in [6.07, 6.45) is 8.81. The largest absolute Gasteiger partial charge is 0.473 e. The second kappa shape index (κ2) is 10.6. The summed E-state index contributed by atoms with van der Waals surface area (Å²) in [5.41, 5.74) is 9.62. The van der Waals surface area contributed by atoms with E-state index in [1.807, 2.05) is 6.07 Å². The summed E-state index contributed by atoms with van der Waals surface area (Å²) in [6, 6.07) is 4.82. The minimum atomic E-state index is -0.361. The van der Waals surface area contributed by atoms with Crippen LogP contribution >= 0.6 is 11.3 Å². The van der Waals surface area contributed by atoms with E-state index in [0.29, 0.717) is 46.5 Å². The number of aromatic nitrogens is 3. The van der Waals surface area contributed by atoms with Gasteiger partial charge in [0, 0.05) is 34.6 Å². The third-order valence-electron chi connectivity index (χ3n) is 9.49. The lowest BCUT2D eigenvalue weighted by atomic mass is 9.62. The highest BCUT2D eigenvalue weighted by atomic mass is 32.1. The Kier molecular flexibility index (Phi) is 6.88. The molecule has 0 radical (unpaired) electrons. The van der Waals surface area contributed by atoms with E-state index in [4.69, 9.17) is 34.9 Å². The van der Waals surface area contributed by atoms with Crippen LogP contribution in [0.5, 0.6) is 5.88 Å². The summed E-state index contributed by atoms with van der Waals surface area (Å²) in [7, 11) is 2.15. The van der Waals surface area contributed by atoms with Crippen LogP contribution < -0.4 is 15.8 Å². The number of likely N-dealkylation sites (N-methyl/N-ethyl adjacent to an activating group) is 1. The van der Waals surface area contributed by atoms with Gasteiger partial charge in [0.15, 0.2) is 0 Å². The van der Waals surface area contributed by atoms with Gasteiger partial charge < -0.3 is 25.0 Å². The summed E-state index contributed by atoms with van der Waals surface area (Å²) in [5, 5.41) is 18.9. The van der Waals surface area contributed by atoms with Crippen molar-refractivity contribution in [3.05, 3.63) is 33.3 Å². The van der Waals surface area contributed by atoms with Gasteiger partial charge in [0.2, 0.25) is 17.5 Å². The molecule has 2 saturated heterocycles. The number of nitrogens with zero attached hydrogens (tertiary/aromatic N) is 5. The molecule has 3 aromatic rings. The van der Waals surface area contributed by atoms with E-state index in [1.165, 1.54) is 11.3 Å². The monoisotopic (exact) mass is 575 g/mol. The minimum Gasteiger partial charge on any atom is -0.473 e. The molecule has 4 atom stereocenters. The molecule has 7 rings (SSSR count). The first-order valence-corrected chi connectivity index (χ1v) is 15.7. The predicted octanol–water partition coefficient (Wildman–Crippen LogP) is 4.67. The average Bonchev–Trinajstić information content (AvgIpc) is 3.76. The molecule has 10 nitrogen and oxygen atoms in total. The molecule has 0 aromatic carbocycles. The standard InChI is InChI=1S/C30H37N7O3S/c1-17(21-7-5-12-37(21)2)39-24-14-23(33-18-9-13-38-16-18)34-29(35-24)26-19-6-3-10-30(27(19)36-40-26)11-4-8-22-25(30)20(15-31)28(32)41-22/h14,17-18,21H,3-13,16,32H2,1-2H3,(H,33,34,35)/t17-,18-,21-,30-/m0/s1. The molecule has 0 unspecified atom stereocenters. The topological polar surface area (TPSA) is 135 Å². The molecule has 0 saturated carbocycles. The number of nitriles is 1. The van der Waals surface area contributed by atoms with E-state index in [2.05, 4.69) is 30.3 Å². The molecule has 2 aliphatic heterocycles. The van der Waals surface area contributed by atoms with Crippen molar-refractivity contribution in [2.24, 2.45) is 0 Å². The Balaban J connectivity index is 1.29. The number of anilines is 2. The van der Waals surface area contributed by atoms with Gasteiger partial charge in [0.05, 0.1) is 23.9 Å². The fourth-order valence-electron chi connectivity index (χ4n) is 7.55. The summed E-state index contributed by atoms with van der Waals surface area (Å²) >= 11 is 1.56. The lowest BCUT2D eigenvalue weighted by molar-refractivity contribution is 0.117. The first-order chi connectivity index (χ1) is 20.0. The predicted molar refractivity (Wildman–Crippen MR) is 156 cm³/mol. The van der Waals surface area contributed by atoms with Crippen molar-refractivity contribution in [2.75, 3.05) is 37.9 Å². The number of thiophene rings is 1. The molecule has 4 aliphatic rings. The first kappa shape index (κ1) is 26.7. The van der Waals surface area contributed by atoms with Gasteiger partial charge in [-0.15, -0.1) is 11.3 Å². The van der Waals surface area contributed by atoms with Gasteiger partial charge in [-0.05, 0) is 83.9 Å². The van der Waals surface area contributed by atoms with Gasteiger partial charge in [-0.3, -0.25) is 4.90 Å². The van der Waals surface area contributed by atoms with Crippen molar-refractivity contribution >= 4 is 22.2 Å². The molecule has 0 bridgehead atoms. The Bertz CT molecular complexity index is 1490. The van der Waals surface area contributed by atoms with Gasteiger partial charge in [0.25, 0.3) is 0 Å². The van der Waals surface area contributed by atoms with Crippen LogP contribution in [0.1, 0.15) is 79.1 Å². The van der Waals surface area contributed by atoms with Crippen LogP contribution in [0.2, 0.25) is 0 Å². The lowest BCUT2D eigenvalue weighted by Crippen LogP contribution is -2.38. The fourth-order valence-corrected chi connectivity index (χ4v) is 8.71. The zero-order chi connectivity index (χ0) is 28.1. The number of nitrogen functional groups attached to an aromatic ring is 1. The van der Waals surface area contributed by atoms with Crippen LogP contribution in [0, 0.1) is 11.3 Å². The summed E-state index contributed by atoms with van der Waals surface area (Å²) in [4.78, 5) is 13.4. The highest BCUT2D eigenvalue weighted by molar-refractivity contribution is 7.16.